The Morgan fingerprint density at radius 3 is 2.75 bits per heavy atom. The highest BCUT2D eigenvalue weighted by molar-refractivity contribution is 5.12. The molecule has 4 heteroatoms. The first-order valence-electron chi connectivity index (χ1n) is 7.21. The Labute approximate surface area is 119 Å². The lowest BCUT2D eigenvalue weighted by molar-refractivity contribution is 0.222. The second kappa shape index (κ2) is 6.20. The van der Waals surface area contributed by atoms with Crippen molar-refractivity contribution in [1.82, 2.24) is 15.2 Å². The summed E-state index contributed by atoms with van der Waals surface area (Å²) in [6.07, 6.45) is 4.32. The van der Waals surface area contributed by atoms with E-state index in [0.717, 1.165) is 36.8 Å². The lowest BCUT2D eigenvalue weighted by Crippen LogP contribution is -2.25. The van der Waals surface area contributed by atoms with E-state index < -0.39 is 0 Å². The van der Waals surface area contributed by atoms with Gasteiger partial charge in [0, 0.05) is 19.1 Å². The minimum Gasteiger partial charge on any atom is -0.468 e. The minimum atomic E-state index is 0.690. The Balaban J connectivity index is 1.68. The molecule has 20 heavy (non-hydrogen) atoms. The molecular formula is C16H21N3O. The molecule has 1 saturated carbocycles. The Hall–Kier alpha value is -1.65. The predicted molar refractivity (Wildman–Crippen MR) is 78.0 cm³/mol. The molecule has 0 aromatic carbocycles. The van der Waals surface area contributed by atoms with Crippen molar-refractivity contribution >= 4 is 0 Å². The molecule has 3 rings (SSSR count). The van der Waals surface area contributed by atoms with Crippen LogP contribution in [0.1, 0.15) is 30.0 Å². The quantitative estimate of drug-likeness (QED) is 0.840. The van der Waals surface area contributed by atoms with Gasteiger partial charge in [-0.15, -0.1) is 0 Å². The van der Waals surface area contributed by atoms with Crippen LogP contribution in [-0.2, 0) is 19.6 Å². The number of furan rings is 1. The molecule has 0 bridgehead atoms. The number of pyridine rings is 1. The van der Waals surface area contributed by atoms with Gasteiger partial charge in [0.05, 0.1) is 24.2 Å². The fourth-order valence-corrected chi connectivity index (χ4v) is 2.46. The van der Waals surface area contributed by atoms with Crippen LogP contribution in [0.2, 0.25) is 0 Å². The second-order valence-electron chi connectivity index (χ2n) is 5.37. The number of nitrogens with zero attached hydrogens (tertiary/aromatic N) is 2. The summed E-state index contributed by atoms with van der Waals surface area (Å²) in [6.45, 7) is 2.58. The summed E-state index contributed by atoms with van der Waals surface area (Å²) in [5, 5.41) is 3.14. The molecule has 0 amide bonds. The van der Waals surface area contributed by atoms with Crippen LogP contribution in [0.3, 0.4) is 0 Å². The first-order valence-corrected chi connectivity index (χ1v) is 7.21. The summed E-state index contributed by atoms with van der Waals surface area (Å²) < 4.78 is 5.47. The van der Waals surface area contributed by atoms with Crippen LogP contribution in [0.5, 0.6) is 0 Å². The van der Waals surface area contributed by atoms with E-state index in [4.69, 9.17) is 9.40 Å². The molecule has 4 nitrogen and oxygen atoms in total. The maximum Gasteiger partial charge on any atom is 0.117 e. The van der Waals surface area contributed by atoms with Gasteiger partial charge < -0.3 is 9.73 Å². The van der Waals surface area contributed by atoms with Crippen LogP contribution in [0.25, 0.3) is 0 Å². The van der Waals surface area contributed by atoms with Crippen molar-refractivity contribution < 1.29 is 4.42 Å². The Morgan fingerprint density at radius 2 is 2.05 bits per heavy atom. The standard InChI is InChI=1S/C16H21N3O/c1-17-10-13-4-2-5-14(18-13)11-19(15-7-8-15)12-16-6-3-9-20-16/h2-6,9,15,17H,7-8,10-12H2,1H3. The highest BCUT2D eigenvalue weighted by Gasteiger charge is 2.29. The third-order valence-electron chi connectivity index (χ3n) is 3.59. The molecule has 0 aliphatic heterocycles. The normalized spacial score (nSPS) is 14.9. The molecule has 2 aromatic rings. The molecule has 1 aliphatic carbocycles. The largest absolute Gasteiger partial charge is 0.468 e. The van der Waals surface area contributed by atoms with Crippen LogP contribution < -0.4 is 5.32 Å². The van der Waals surface area contributed by atoms with Gasteiger partial charge in [0.1, 0.15) is 5.76 Å². The van der Waals surface area contributed by atoms with E-state index in [0.29, 0.717) is 6.04 Å². The average Bonchev–Trinajstić information content (AvgIpc) is 3.18. The maximum absolute atomic E-state index is 5.47. The predicted octanol–water partition coefficient (Wildman–Crippen LogP) is 2.56. The van der Waals surface area contributed by atoms with Gasteiger partial charge in [0.2, 0.25) is 0 Å². The van der Waals surface area contributed by atoms with Gasteiger partial charge in [-0.3, -0.25) is 9.88 Å². The third kappa shape index (κ3) is 3.46. The van der Waals surface area contributed by atoms with E-state index >= 15 is 0 Å². The summed E-state index contributed by atoms with van der Waals surface area (Å²) in [5.74, 6) is 1.03. The lowest BCUT2D eigenvalue weighted by atomic mass is 10.2. The molecule has 0 unspecified atom stereocenters. The zero-order valence-corrected chi connectivity index (χ0v) is 11.9. The van der Waals surface area contributed by atoms with Crippen LogP contribution >= 0.6 is 0 Å². The minimum absolute atomic E-state index is 0.690. The molecule has 1 N–H and O–H groups in total. The van der Waals surface area contributed by atoms with Crippen molar-refractivity contribution in [2.75, 3.05) is 7.05 Å². The summed E-state index contributed by atoms with van der Waals surface area (Å²) in [7, 11) is 1.95. The first kappa shape index (κ1) is 13.3. The maximum atomic E-state index is 5.47. The zero-order valence-electron chi connectivity index (χ0n) is 11.9. The fourth-order valence-electron chi connectivity index (χ4n) is 2.46. The lowest BCUT2D eigenvalue weighted by Gasteiger charge is -2.20. The zero-order chi connectivity index (χ0) is 13.8. The summed E-state index contributed by atoms with van der Waals surface area (Å²) in [4.78, 5) is 7.17. The monoisotopic (exact) mass is 271 g/mol. The van der Waals surface area contributed by atoms with Gasteiger partial charge in [0.25, 0.3) is 0 Å². The highest BCUT2D eigenvalue weighted by Crippen LogP contribution is 2.29. The fraction of sp³-hybridized carbons (Fsp3) is 0.438. The number of nitrogens with one attached hydrogen (secondary N) is 1. The van der Waals surface area contributed by atoms with Crippen LogP contribution in [-0.4, -0.2) is 23.0 Å². The number of aromatic nitrogens is 1. The van der Waals surface area contributed by atoms with Gasteiger partial charge in [-0.05, 0) is 44.2 Å². The van der Waals surface area contributed by atoms with Gasteiger partial charge in [-0.1, -0.05) is 6.07 Å². The van der Waals surface area contributed by atoms with Crippen LogP contribution in [0.4, 0.5) is 0 Å². The molecule has 2 aromatic heterocycles. The van der Waals surface area contributed by atoms with Crippen molar-refractivity contribution in [3.05, 3.63) is 53.7 Å². The summed E-state index contributed by atoms with van der Waals surface area (Å²) in [5.41, 5.74) is 2.23. The molecule has 1 aliphatic rings. The molecule has 2 heterocycles. The molecule has 1 fully saturated rings. The van der Waals surface area contributed by atoms with E-state index in [-0.39, 0.29) is 0 Å². The Morgan fingerprint density at radius 1 is 1.20 bits per heavy atom. The number of rotatable bonds is 7. The van der Waals surface area contributed by atoms with E-state index in [9.17, 15) is 0 Å². The molecule has 0 saturated heterocycles. The average molecular weight is 271 g/mol. The summed E-state index contributed by atoms with van der Waals surface area (Å²) in [6, 6.07) is 10.9. The molecule has 0 atom stereocenters. The highest BCUT2D eigenvalue weighted by atomic mass is 16.3. The first-order chi connectivity index (χ1) is 9.85. The van der Waals surface area contributed by atoms with Crippen molar-refractivity contribution in [2.45, 2.75) is 38.5 Å². The third-order valence-corrected chi connectivity index (χ3v) is 3.59. The molecule has 106 valence electrons. The van der Waals surface area contributed by atoms with Crippen molar-refractivity contribution in [3.63, 3.8) is 0 Å². The van der Waals surface area contributed by atoms with Gasteiger partial charge in [0.15, 0.2) is 0 Å². The molecule has 0 radical (unpaired) electrons. The van der Waals surface area contributed by atoms with Gasteiger partial charge >= 0.3 is 0 Å². The van der Waals surface area contributed by atoms with Crippen molar-refractivity contribution in [3.8, 4) is 0 Å². The van der Waals surface area contributed by atoms with Crippen molar-refractivity contribution in [2.24, 2.45) is 0 Å². The van der Waals surface area contributed by atoms with E-state index in [1.54, 1.807) is 6.26 Å². The Bertz CT molecular complexity index is 534. The topological polar surface area (TPSA) is 41.3 Å². The van der Waals surface area contributed by atoms with Gasteiger partial charge in [-0.25, -0.2) is 0 Å². The summed E-state index contributed by atoms with van der Waals surface area (Å²) >= 11 is 0. The smallest absolute Gasteiger partial charge is 0.117 e. The number of hydrogen-bond donors (Lipinski definition) is 1. The van der Waals surface area contributed by atoms with E-state index in [1.165, 1.54) is 12.8 Å². The van der Waals surface area contributed by atoms with Crippen LogP contribution in [0, 0.1) is 0 Å². The van der Waals surface area contributed by atoms with E-state index in [1.807, 2.05) is 19.2 Å². The SMILES string of the molecule is CNCc1cccc(CN(Cc2ccco2)C2CC2)n1. The number of hydrogen-bond acceptors (Lipinski definition) is 4. The van der Waals surface area contributed by atoms with Crippen molar-refractivity contribution in [1.29, 1.82) is 0 Å². The molecule has 0 spiro atoms. The van der Waals surface area contributed by atoms with Crippen LogP contribution in [0.15, 0.2) is 41.0 Å². The molecular weight excluding hydrogens is 250 g/mol. The Kier molecular flexibility index (Phi) is 4.14. The second-order valence-corrected chi connectivity index (χ2v) is 5.37. The van der Waals surface area contributed by atoms with Gasteiger partial charge in [-0.2, -0.15) is 0 Å². The van der Waals surface area contributed by atoms with E-state index in [2.05, 4.69) is 28.4 Å².